The quantitative estimate of drug-likeness (QED) is 0.122. The summed E-state index contributed by atoms with van der Waals surface area (Å²) >= 11 is 0. The van der Waals surface area contributed by atoms with E-state index in [1.807, 2.05) is 60.7 Å². The molecule has 83 heavy (non-hydrogen) atoms. The normalized spacial score (nSPS) is 15.7. The summed E-state index contributed by atoms with van der Waals surface area (Å²) < 4.78 is 48.3. The van der Waals surface area contributed by atoms with Crippen LogP contribution in [0.4, 0.5) is 22.7 Å². The fraction of sp³-hybridized carbons (Fsp3) is 0.0897. The van der Waals surface area contributed by atoms with Gasteiger partial charge in [-0.15, -0.1) is 0 Å². The average molecular weight is 1070 g/mol. The lowest BCUT2D eigenvalue weighted by atomic mass is 9.65. The molecule has 11 aromatic carbocycles. The zero-order valence-corrected chi connectivity index (χ0v) is 45.7. The molecule has 0 atom stereocenters. The van der Waals surface area contributed by atoms with Gasteiger partial charge in [-0.3, -0.25) is 4.57 Å². The maximum absolute atomic E-state index is 9.70. The lowest BCUT2D eigenvalue weighted by Gasteiger charge is -2.38. The van der Waals surface area contributed by atoms with Gasteiger partial charge in [0.25, 0.3) is 0 Å². The SMILES string of the molecule is [2H]C1([2H])CCCC([2H])([2H])C1(c1ccccc1)c1ccnc(-n2c3ccccc3c3ccc(Oc4cc(-c5c(-c6ccccc6)cccc5-c5ccccc5)cc(N5CN(c6c(-c7ccccc7)cccc6-c6ccccc6)c6ccccc65)c4)cc32)c1. The van der Waals surface area contributed by atoms with Crippen LogP contribution in [0.3, 0.4) is 0 Å². The van der Waals surface area contributed by atoms with Crippen LogP contribution in [-0.2, 0) is 5.41 Å². The molecule has 2 aromatic heterocycles. The number of ether oxygens (including phenoxy) is 1. The van der Waals surface area contributed by atoms with E-state index in [0.29, 0.717) is 41.5 Å². The van der Waals surface area contributed by atoms with Crippen LogP contribution in [0.1, 0.15) is 48.6 Å². The molecule has 0 N–H and O–H groups in total. The topological polar surface area (TPSA) is 33.5 Å². The lowest BCUT2D eigenvalue weighted by Crippen LogP contribution is -2.30. The number of aromatic nitrogens is 2. The molecule has 0 spiro atoms. The van der Waals surface area contributed by atoms with Crippen LogP contribution in [0.5, 0.6) is 11.5 Å². The Labute approximate surface area is 491 Å². The Hall–Kier alpha value is -10.2. The maximum Gasteiger partial charge on any atom is 0.137 e. The third kappa shape index (κ3) is 9.02. The first-order chi connectivity index (χ1) is 42.6. The Bertz CT molecular complexity index is 4560. The van der Waals surface area contributed by atoms with Crippen molar-refractivity contribution in [1.29, 1.82) is 0 Å². The van der Waals surface area contributed by atoms with Crippen molar-refractivity contribution in [2.75, 3.05) is 16.5 Å². The molecule has 1 saturated carbocycles. The number of pyridine rings is 1. The molecule has 0 radical (unpaired) electrons. The summed E-state index contributed by atoms with van der Waals surface area (Å²) in [6, 6.07) is 98.8. The summed E-state index contributed by atoms with van der Waals surface area (Å²) in [7, 11) is 0. The standard InChI is InChI=1S/C78H60N4O/c1-7-25-55(26-8-1)65-36-23-37-66(56-27-9-2-10-28-56)76(65)59-49-62(80-54-81(73-42-20-19-41-72(73)80)77-67(57-29-11-3-12-30-57)38-24-39-68(77)58-31-13-4-14-32-58)52-64(50-59)83-63-43-44-70-69-35-17-18-40-71(69)82(74(70)53-63)75-51-61(45-48-79-75)78(46-21-6-22-47-78)60-33-15-5-16-34-60/h1-5,7-20,23-45,48-53H,6,21-22,46-47,54H2/i46D2,47D2. The second-order valence-corrected chi connectivity index (χ2v) is 21.5. The number of hydrogen-bond donors (Lipinski definition) is 0. The molecular formula is C78H60N4O. The van der Waals surface area contributed by atoms with Crippen molar-refractivity contribution in [3.63, 3.8) is 0 Å². The molecule has 15 rings (SSSR count). The minimum absolute atomic E-state index is 0.226. The highest BCUT2D eigenvalue weighted by atomic mass is 16.5. The monoisotopic (exact) mass is 1070 g/mol. The van der Waals surface area contributed by atoms with Crippen molar-refractivity contribution in [1.82, 2.24) is 9.55 Å². The van der Waals surface area contributed by atoms with E-state index in [1.54, 1.807) is 6.20 Å². The van der Waals surface area contributed by atoms with E-state index in [4.69, 9.17) is 9.72 Å². The molecule has 5 heteroatoms. The number of benzene rings is 11. The Morgan fingerprint density at radius 2 is 0.916 bits per heavy atom. The first-order valence-corrected chi connectivity index (χ1v) is 28.7. The van der Waals surface area contributed by atoms with Gasteiger partial charge in [-0.2, -0.15) is 0 Å². The molecule has 0 saturated heterocycles. The number of anilines is 4. The third-order valence-corrected chi connectivity index (χ3v) is 16.6. The summed E-state index contributed by atoms with van der Waals surface area (Å²) in [6.45, 7) is 0.505. The van der Waals surface area contributed by atoms with Crippen LogP contribution >= 0.6 is 0 Å². The van der Waals surface area contributed by atoms with Crippen molar-refractivity contribution in [3.8, 4) is 73.0 Å². The van der Waals surface area contributed by atoms with E-state index in [1.165, 1.54) is 0 Å². The summed E-state index contributed by atoms with van der Waals surface area (Å²) in [6.07, 6.45) is -1.22. The zero-order chi connectivity index (χ0) is 58.7. The van der Waals surface area contributed by atoms with E-state index < -0.39 is 18.2 Å². The highest BCUT2D eigenvalue weighted by Crippen LogP contribution is 2.52. The highest BCUT2D eigenvalue weighted by molar-refractivity contribution is 6.09. The largest absolute Gasteiger partial charge is 0.457 e. The number of rotatable bonds is 12. The van der Waals surface area contributed by atoms with Gasteiger partial charge >= 0.3 is 0 Å². The average Bonchev–Trinajstić information content (AvgIpc) is 1.20. The predicted octanol–water partition coefficient (Wildman–Crippen LogP) is 20.8. The molecule has 1 aliphatic carbocycles. The molecular weight excluding hydrogens is 1010 g/mol. The molecule has 1 fully saturated rings. The van der Waals surface area contributed by atoms with Crippen LogP contribution < -0.4 is 14.5 Å². The minimum atomic E-state index is -1.92. The molecule has 2 aliphatic rings. The second kappa shape index (κ2) is 21.3. The van der Waals surface area contributed by atoms with Gasteiger partial charge in [-0.25, -0.2) is 4.98 Å². The summed E-state index contributed by atoms with van der Waals surface area (Å²) in [5.74, 6) is 1.81. The van der Waals surface area contributed by atoms with E-state index in [9.17, 15) is 5.48 Å². The van der Waals surface area contributed by atoms with Crippen molar-refractivity contribution in [3.05, 3.63) is 302 Å². The minimum Gasteiger partial charge on any atom is -0.457 e. The second-order valence-electron chi connectivity index (χ2n) is 21.5. The summed E-state index contributed by atoms with van der Waals surface area (Å²) in [4.78, 5) is 9.92. The van der Waals surface area contributed by atoms with Gasteiger partial charge in [0.2, 0.25) is 0 Å². The predicted molar refractivity (Wildman–Crippen MR) is 345 cm³/mol. The molecule has 3 heterocycles. The van der Waals surface area contributed by atoms with Crippen LogP contribution in [-0.4, -0.2) is 16.2 Å². The van der Waals surface area contributed by atoms with Crippen molar-refractivity contribution < 1.29 is 10.2 Å². The number of fused-ring (bicyclic) bond motifs is 4. The van der Waals surface area contributed by atoms with Crippen LogP contribution in [0, 0.1) is 0 Å². The Kier molecular flexibility index (Phi) is 11.7. The van der Waals surface area contributed by atoms with E-state index in [2.05, 4.69) is 239 Å². The summed E-state index contributed by atoms with van der Waals surface area (Å²) in [5, 5.41) is 2.01. The van der Waals surface area contributed by atoms with Crippen LogP contribution in [0.25, 0.3) is 83.3 Å². The lowest BCUT2D eigenvalue weighted by molar-refractivity contribution is 0.345. The molecule has 13 aromatic rings. The molecule has 0 unspecified atom stereocenters. The molecule has 398 valence electrons. The third-order valence-electron chi connectivity index (χ3n) is 16.6. The number of hydrogen-bond acceptors (Lipinski definition) is 4. The van der Waals surface area contributed by atoms with Crippen molar-refractivity contribution >= 4 is 44.6 Å². The van der Waals surface area contributed by atoms with Crippen LogP contribution in [0.2, 0.25) is 0 Å². The van der Waals surface area contributed by atoms with Gasteiger partial charge in [0.15, 0.2) is 0 Å². The summed E-state index contributed by atoms with van der Waals surface area (Å²) in [5.41, 5.74) is 16.5. The van der Waals surface area contributed by atoms with Gasteiger partial charge in [0, 0.05) is 56.8 Å². The molecule has 1 aliphatic heterocycles. The smallest absolute Gasteiger partial charge is 0.137 e. The highest BCUT2D eigenvalue weighted by Gasteiger charge is 2.37. The Morgan fingerprint density at radius 3 is 1.54 bits per heavy atom. The van der Waals surface area contributed by atoms with Gasteiger partial charge in [0.1, 0.15) is 24.0 Å². The van der Waals surface area contributed by atoms with Gasteiger partial charge < -0.3 is 14.5 Å². The Morgan fingerprint density at radius 1 is 0.386 bits per heavy atom. The number of para-hydroxylation sites is 4. The molecule has 0 amide bonds. The fourth-order valence-electron chi connectivity index (χ4n) is 12.8. The zero-order valence-electron chi connectivity index (χ0n) is 49.7. The molecule has 0 bridgehead atoms. The van der Waals surface area contributed by atoms with Crippen molar-refractivity contribution in [2.45, 2.75) is 37.4 Å². The van der Waals surface area contributed by atoms with Gasteiger partial charge in [0.05, 0.1) is 28.1 Å². The van der Waals surface area contributed by atoms with E-state index in [-0.39, 0.29) is 12.8 Å². The number of nitrogens with zero attached hydrogens (tertiary/aromatic N) is 4. The van der Waals surface area contributed by atoms with Crippen LogP contribution in [0.15, 0.2) is 291 Å². The van der Waals surface area contributed by atoms with Gasteiger partial charge in [-0.05, 0) is 123 Å². The molecule has 5 nitrogen and oxygen atoms in total. The first kappa shape index (κ1) is 45.5. The van der Waals surface area contributed by atoms with E-state index in [0.717, 1.165) is 100 Å². The van der Waals surface area contributed by atoms with Gasteiger partial charge in [-0.1, -0.05) is 238 Å². The van der Waals surface area contributed by atoms with E-state index >= 15 is 0 Å². The Balaban J connectivity index is 0.919. The maximum atomic E-state index is 9.70. The van der Waals surface area contributed by atoms with Crippen molar-refractivity contribution in [2.24, 2.45) is 0 Å². The fourth-order valence-corrected chi connectivity index (χ4v) is 12.8. The first-order valence-electron chi connectivity index (χ1n) is 30.7.